The SMILES string of the molecule is CCc1cc(Br)ccc1NCCC(C)C. The number of nitrogens with one attached hydrogen (secondary N) is 1. The van der Waals surface area contributed by atoms with Crippen LogP contribution in [0.2, 0.25) is 0 Å². The molecule has 0 bridgehead atoms. The zero-order valence-corrected chi connectivity index (χ0v) is 11.4. The maximum atomic E-state index is 3.50. The van der Waals surface area contributed by atoms with Crippen LogP contribution in [0.15, 0.2) is 22.7 Å². The molecule has 15 heavy (non-hydrogen) atoms. The van der Waals surface area contributed by atoms with E-state index in [1.165, 1.54) is 17.7 Å². The average Bonchev–Trinajstić information content (AvgIpc) is 2.19. The molecule has 0 aliphatic rings. The number of aryl methyl sites for hydroxylation is 1. The zero-order chi connectivity index (χ0) is 11.3. The second-order valence-corrected chi connectivity index (χ2v) is 5.18. The van der Waals surface area contributed by atoms with Crippen molar-refractivity contribution in [3.8, 4) is 0 Å². The maximum Gasteiger partial charge on any atom is 0.0373 e. The van der Waals surface area contributed by atoms with Crippen molar-refractivity contribution >= 4 is 21.6 Å². The Bertz CT molecular complexity index is 307. The zero-order valence-electron chi connectivity index (χ0n) is 9.81. The third-order valence-electron chi connectivity index (χ3n) is 2.49. The standard InChI is InChI=1S/C13H20BrN/c1-4-11-9-12(14)5-6-13(11)15-8-7-10(2)3/h5-6,9-10,15H,4,7-8H2,1-3H3. The molecule has 0 atom stereocenters. The summed E-state index contributed by atoms with van der Waals surface area (Å²) in [7, 11) is 0. The van der Waals surface area contributed by atoms with Crippen LogP contribution in [-0.4, -0.2) is 6.54 Å². The molecule has 0 saturated heterocycles. The molecule has 0 fully saturated rings. The fourth-order valence-corrected chi connectivity index (χ4v) is 1.93. The van der Waals surface area contributed by atoms with Gasteiger partial charge in [0.25, 0.3) is 0 Å². The van der Waals surface area contributed by atoms with E-state index in [1.807, 2.05) is 0 Å². The maximum absolute atomic E-state index is 3.50. The van der Waals surface area contributed by atoms with E-state index in [0.717, 1.165) is 23.4 Å². The summed E-state index contributed by atoms with van der Waals surface area (Å²) < 4.78 is 1.16. The van der Waals surface area contributed by atoms with Crippen molar-refractivity contribution in [2.45, 2.75) is 33.6 Å². The van der Waals surface area contributed by atoms with Crippen LogP contribution in [0.5, 0.6) is 0 Å². The molecular weight excluding hydrogens is 250 g/mol. The van der Waals surface area contributed by atoms with Gasteiger partial charge in [0.15, 0.2) is 0 Å². The van der Waals surface area contributed by atoms with Gasteiger partial charge in [-0.2, -0.15) is 0 Å². The van der Waals surface area contributed by atoms with Gasteiger partial charge in [0, 0.05) is 16.7 Å². The van der Waals surface area contributed by atoms with Crippen LogP contribution < -0.4 is 5.32 Å². The molecule has 1 aromatic carbocycles. The summed E-state index contributed by atoms with van der Waals surface area (Å²) in [6.45, 7) is 7.76. The minimum atomic E-state index is 0.762. The predicted molar refractivity (Wildman–Crippen MR) is 71.5 cm³/mol. The molecule has 2 heteroatoms. The second kappa shape index (κ2) is 6.16. The van der Waals surface area contributed by atoms with Crippen LogP contribution in [0.3, 0.4) is 0 Å². The summed E-state index contributed by atoms with van der Waals surface area (Å²) in [5.74, 6) is 0.762. The van der Waals surface area contributed by atoms with Gasteiger partial charge in [0.2, 0.25) is 0 Å². The van der Waals surface area contributed by atoms with Gasteiger partial charge in [-0.3, -0.25) is 0 Å². The van der Waals surface area contributed by atoms with E-state index >= 15 is 0 Å². The molecule has 1 rings (SSSR count). The number of benzene rings is 1. The van der Waals surface area contributed by atoms with Crippen LogP contribution in [0.4, 0.5) is 5.69 Å². The summed E-state index contributed by atoms with van der Waals surface area (Å²) in [4.78, 5) is 0. The number of hydrogen-bond acceptors (Lipinski definition) is 1. The van der Waals surface area contributed by atoms with Crippen LogP contribution >= 0.6 is 15.9 Å². The molecular formula is C13H20BrN. The van der Waals surface area contributed by atoms with Gasteiger partial charge in [0.05, 0.1) is 0 Å². The van der Waals surface area contributed by atoms with Crippen molar-refractivity contribution in [2.24, 2.45) is 5.92 Å². The van der Waals surface area contributed by atoms with Gasteiger partial charge in [-0.1, -0.05) is 36.7 Å². The highest BCUT2D eigenvalue weighted by molar-refractivity contribution is 9.10. The van der Waals surface area contributed by atoms with Crippen LogP contribution in [0.1, 0.15) is 32.8 Å². The van der Waals surface area contributed by atoms with E-state index in [1.54, 1.807) is 0 Å². The minimum Gasteiger partial charge on any atom is -0.385 e. The number of rotatable bonds is 5. The minimum absolute atomic E-state index is 0.762. The topological polar surface area (TPSA) is 12.0 Å². The molecule has 1 nitrogen and oxygen atoms in total. The molecule has 0 spiro atoms. The Kier molecular flexibility index (Phi) is 5.16. The first-order valence-electron chi connectivity index (χ1n) is 5.65. The van der Waals surface area contributed by atoms with Crippen molar-refractivity contribution in [1.82, 2.24) is 0 Å². The Morgan fingerprint density at radius 1 is 1.33 bits per heavy atom. The monoisotopic (exact) mass is 269 g/mol. The summed E-state index contributed by atoms with van der Waals surface area (Å²) in [5, 5.41) is 3.50. The Balaban J connectivity index is 2.60. The first-order valence-corrected chi connectivity index (χ1v) is 6.45. The normalized spacial score (nSPS) is 10.7. The Morgan fingerprint density at radius 2 is 2.07 bits per heavy atom. The highest BCUT2D eigenvalue weighted by atomic mass is 79.9. The van der Waals surface area contributed by atoms with Gasteiger partial charge >= 0.3 is 0 Å². The average molecular weight is 270 g/mol. The van der Waals surface area contributed by atoms with Gasteiger partial charge < -0.3 is 5.32 Å². The first-order chi connectivity index (χ1) is 7.13. The highest BCUT2D eigenvalue weighted by Crippen LogP contribution is 2.21. The Labute approximate surface area is 101 Å². The molecule has 0 saturated carbocycles. The fraction of sp³-hybridized carbons (Fsp3) is 0.538. The predicted octanol–water partition coefficient (Wildman–Crippen LogP) is 4.47. The van der Waals surface area contributed by atoms with Crippen molar-refractivity contribution in [1.29, 1.82) is 0 Å². The summed E-state index contributed by atoms with van der Waals surface area (Å²) in [6.07, 6.45) is 2.29. The van der Waals surface area contributed by atoms with Crippen LogP contribution in [0.25, 0.3) is 0 Å². The van der Waals surface area contributed by atoms with Gasteiger partial charge in [0.1, 0.15) is 0 Å². The van der Waals surface area contributed by atoms with Gasteiger partial charge in [-0.05, 0) is 42.5 Å². The first kappa shape index (κ1) is 12.6. The lowest BCUT2D eigenvalue weighted by molar-refractivity contribution is 0.607. The summed E-state index contributed by atoms with van der Waals surface area (Å²) >= 11 is 3.50. The lowest BCUT2D eigenvalue weighted by Crippen LogP contribution is -2.06. The Morgan fingerprint density at radius 3 is 2.67 bits per heavy atom. The summed E-state index contributed by atoms with van der Waals surface area (Å²) in [6, 6.07) is 6.44. The second-order valence-electron chi connectivity index (χ2n) is 4.26. The van der Waals surface area contributed by atoms with Crippen LogP contribution in [0, 0.1) is 5.92 Å². The molecule has 0 radical (unpaired) electrons. The Hall–Kier alpha value is -0.500. The van der Waals surface area contributed by atoms with Gasteiger partial charge in [-0.15, -0.1) is 0 Å². The molecule has 0 unspecified atom stereocenters. The molecule has 1 N–H and O–H groups in total. The van der Waals surface area contributed by atoms with E-state index in [2.05, 4.69) is 60.2 Å². The molecule has 1 aromatic rings. The third-order valence-corrected chi connectivity index (χ3v) is 2.98. The van der Waals surface area contributed by atoms with E-state index in [0.29, 0.717) is 0 Å². The van der Waals surface area contributed by atoms with E-state index in [-0.39, 0.29) is 0 Å². The summed E-state index contributed by atoms with van der Waals surface area (Å²) in [5.41, 5.74) is 2.66. The smallest absolute Gasteiger partial charge is 0.0373 e. The molecule has 0 amide bonds. The van der Waals surface area contributed by atoms with Gasteiger partial charge in [-0.25, -0.2) is 0 Å². The number of anilines is 1. The highest BCUT2D eigenvalue weighted by Gasteiger charge is 2.01. The van der Waals surface area contributed by atoms with E-state index in [4.69, 9.17) is 0 Å². The third kappa shape index (κ3) is 4.25. The lowest BCUT2D eigenvalue weighted by atomic mass is 10.1. The van der Waals surface area contributed by atoms with E-state index in [9.17, 15) is 0 Å². The van der Waals surface area contributed by atoms with Crippen molar-refractivity contribution in [2.75, 3.05) is 11.9 Å². The van der Waals surface area contributed by atoms with Crippen molar-refractivity contribution in [3.63, 3.8) is 0 Å². The largest absolute Gasteiger partial charge is 0.385 e. The molecule has 0 aliphatic heterocycles. The fourth-order valence-electron chi connectivity index (χ4n) is 1.52. The quantitative estimate of drug-likeness (QED) is 0.832. The molecule has 0 aliphatic carbocycles. The molecule has 0 heterocycles. The lowest BCUT2D eigenvalue weighted by Gasteiger charge is -2.12. The van der Waals surface area contributed by atoms with Crippen LogP contribution in [-0.2, 0) is 6.42 Å². The van der Waals surface area contributed by atoms with E-state index < -0.39 is 0 Å². The van der Waals surface area contributed by atoms with Crippen molar-refractivity contribution in [3.05, 3.63) is 28.2 Å². The number of hydrogen-bond donors (Lipinski definition) is 1. The van der Waals surface area contributed by atoms with Crippen molar-refractivity contribution < 1.29 is 0 Å². The molecule has 84 valence electrons. The number of halogens is 1. The molecule has 0 aromatic heterocycles.